The van der Waals surface area contributed by atoms with Crippen molar-refractivity contribution in [1.29, 1.82) is 0 Å². The van der Waals surface area contributed by atoms with Gasteiger partial charge in [0.2, 0.25) is 0 Å². The number of nitrogens with zero attached hydrogens (tertiary/aromatic N) is 2. The lowest BCUT2D eigenvalue weighted by Crippen LogP contribution is -2.06. The molecule has 0 spiro atoms. The van der Waals surface area contributed by atoms with Gasteiger partial charge in [0.05, 0.1) is 17.4 Å². The molecule has 0 aliphatic heterocycles. The van der Waals surface area contributed by atoms with Gasteiger partial charge in [-0.2, -0.15) is 18.3 Å². The van der Waals surface area contributed by atoms with Crippen LogP contribution in [0.1, 0.15) is 24.1 Å². The van der Waals surface area contributed by atoms with E-state index in [1.165, 1.54) is 4.68 Å². The average Bonchev–Trinajstić information content (AvgIpc) is 2.76. The second-order valence-electron chi connectivity index (χ2n) is 4.17. The molecule has 2 aromatic rings. The summed E-state index contributed by atoms with van der Waals surface area (Å²) in [6.07, 6.45) is -2.64. The molecule has 7 heteroatoms. The molecule has 1 aromatic heterocycles. The molecular weight excluding hydrogens is 323 g/mol. The van der Waals surface area contributed by atoms with Crippen LogP contribution in [0.25, 0.3) is 5.69 Å². The van der Waals surface area contributed by atoms with Gasteiger partial charge in [-0.05, 0) is 24.6 Å². The molecule has 0 saturated heterocycles. The minimum Gasteiger partial charge on any atom is -0.324 e. The van der Waals surface area contributed by atoms with Gasteiger partial charge in [0.15, 0.2) is 0 Å². The zero-order valence-corrected chi connectivity index (χ0v) is 11.5. The van der Waals surface area contributed by atoms with E-state index in [0.29, 0.717) is 5.69 Å². The van der Waals surface area contributed by atoms with Crippen molar-refractivity contribution in [3.05, 3.63) is 46.2 Å². The molecule has 1 atom stereocenters. The van der Waals surface area contributed by atoms with Gasteiger partial charge in [0, 0.05) is 16.7 Å². The molecule has 0 bridgehead atoms. The van der Waals surface area contributed by atoms with Crippen LogP contribution in [0.5, 0.6) is 0 Å². The minimum atomic E-state index is -4.39. The van der Waals surface area contributed by atoms with Crippen LogP contribution in [-0.4, -0.2) is 9.78 Å². The Morgan fingerprint density at radius 3 is 2.53 bits per heavy atom. The fourth-order valence-electron chi connectivity index (χ4n) is 1.64. The maximum absolute atomic E-state index is 12.5. The van der Waals surface area contributed by atoms with Gasteiger partial charge in [-0.1, -0.05) is 22.0 Å². The predicted molar refractivity (Wildman–Crippen MR) is 68.9 cm³/mol. The number of halogens is 4. The molecular formula is C12H11BrF3N3. The second kappa shape index (κ2) is 4.97. The third-order valence-electron chi connectivity index (χ3n) is 2.65. The topological polar surface area (TPSA) is 43.8 Å². The number of nitrogens with two attached hydrogens (primary N) is 1. The zero-order valence-electron chi connectivity index (χ0n) is 9.95. The highest BCUT2D eigenvalue weighted by molar-refractivity contribution is 9.10. The van der Waals surface area contributed by atoms with Crippen LogP contribution in [0.3, 0.4) is 0 Å². The van der Waals surface area contributed by atoms with E-state index in [9.17, 15) is 13.2 Å². The maximum Gasteiger partial charge on any atom is 0.419 e. The Hall–Kier alpha value is -1.34. The van der Waals surface area contributed by atoms with Crippen molar-refractivity contribution < 1.29 is 13.2 Å². The minimum absolute atomic E-state index is 0.160. The second-order valence-corrected chi connectivity index (χ2v) is 5.02. The predicted octanol–water partition coefficient (Wildman–Crippen LogP) is 3.67. The monoisotopic (exact) mass is 333 g/mol. The molecule has 2 N–H and O–H groups in total. The van der Waals surface area contributed by atoms with Crippen LogP contribution >= 0.6 is 15.9 Å². The van der Waals surface area contributed by atoms with E-state index in [0.717, 1.165) is 22.4 Å². The van der Waals surface area contributed by atoms with Gasteiger partial charge in [-0.25, -0.2) is 4.68 Å². The lowest BCUT2D eigenvalue weighted by atomic mass is 10.1. The van der Waals surface area contributed by atoms with Crippen molar-refractivity contribution in [2.75, 3.05) is 0 Å². The Morgan fingerprint density at radius 1 is 1.37 bits per heavy atom. The Balaban J connectivity index is 2.38. The maximum atomic E-state index is 12.5. The first-order valence-electron chi connectivity index (χ1n) is 5.46. The van der Waals surface area contributed by atoms with Gasteiger partial charge < -0.3 is 5.73 Å². The van der Waals surface area contributed by atoms with E-state index < -0.39 is 11.7 Å². The highest BCUT2D eigenvalue weighted by atomic mass is 79.9. The Bertz CT molecular complexity index is 590. The molecule has 3 nitrogen and oxygen atoms in total. The lowest BCUT2D eigenvalue weighted by Gasteiger charge is -2.10. The average molecular weight is 334 g/mol. The number of hydrogen-bond acceptors (Lipinski definition) is 2. The fraction of sp³-hybridized carbons (Fsp3) is 0.250. The van der Waals surface area contributed by atoms with E-state index in [2.05, 4.69) is 21.0 Å². The summed E-state index contributed by atoms with van der Waals surface area (Å²) in [4.78, 5) is 0. The summed E-state index contributed by atoms with van der Waals surface area (Å²) >= 11 is 3.35. The normalized spacial score (nSPS) is 13.6. The Kier molecular flexibility index (Phi) is 3.69. The molecule has 102 valence electrons. The van der Waals surface area contributed by atoms with E-state index in [1.807, 2.05) is 6.92 Å². The van der Waals surface area contributed by atoms with Crippen molar-refractivity contribution in [3.8, 4) is 5.69 Å². The van der Waals surface area contributed by atoms with Crippen molar-refractivity contribution in [3.63, 3.8) is 0 Å². The van der Waals surface area contributed by atoms with Crippen molar-refractivity contribution in [2.24, 2.45) is 5.73 Å². The summed E-state index contributed by atoms with van der Waals surface area (Å²) in [5.41, 5.74) is 6.40. The Morgan fingerprint density at radius 2 is 2.05 bits per heavy atom. The summed E-state index contributed by atoms with van der Waals surface area (Å²) in [6.45, 7) is 1.83. The number of hydrogen-bond donors (Lipinski definition) is 1. The summed E-state index contributed by atoms with van der Waals surface area (Å²) in [6, 6.07) is 4.97. The van der Waals surface area contributed by atoms with E-state index in [-0.39, 0.29) is 6.04 Å². The number of rotatable bonds is 2. The molecule has 1 aromatic carbocycles. The van der Waals surface area contributed by atoms with Crippen LogP contribution in [0.2, 0.25) is 0 Å². The SMILES string of the molecule is CC(N)c1ccc(-n2cc(C(F)(F)F)cn2)cc1Br. The van der Waals surface area contributed by atoms with Crippen LogP contribution in [0, 0.1) is 0 Å². The molecule has 19 heavy (non-hydrogen) atoms. The van der Waals surface area contributed by atoms with Gasteiger partial charge >= 0.3 is 6.18 Å². The number of benzene rings is 1. The summed E-state index contributed by atoms with van der Waals surface area (Å²) in [5.74, 6) is 0. The first-order chi connectivity index (χ1) is 8.79. The number of alkyl halides is 3. The smallest absolute Gasteiger partial charge is 0.324 e. The molecule has 0 fully saturated rings. The third-order valence-corrected chi connectivity index (χ3v) is 3.34. The molecule has 0 saturated carbocycles. The third kappa shape index (κ3) is 2.98. The van der Waals surface area contributed by atoms with E-state index in [1.54, 1.807) is 18.2 Å². The van der Waals surface area contributed by atoms with E-state index >= 15 is 0 Å². The molecule has 0 radical (unpaired) electrons. The van der Waals surface area contributed by atoms with Crippen molar-refractivity contribution >= 4 is 15.9 Å². The van der Waals surface area contributed by atoms with Crippen LogP contribution in [0.4, 0.5) is 13.2 Å². The highest BCUT2D eigenvalue weighted by Crippen LogP contribution is 2.30. The van der Waals surface area contributed by atoms with Crippen LogP contribution < -0.4 is 5.73 Å². The summed E-state index contributed by atoms with van der Waals surface area (Å²) in [7, 11) is 0. The van der Waals surface area contributed by atoms with Gasteiger partial charge in [0.25, 0.3) is 0 Å². The first kappa shape index (κ1) is 14.1. The van der Waals surface area contributed by atoms with Crippen molar-refractivity contribution in [1.82, 2.24) is 9.78 Å². The molecule has 2 rings (SSSR count). The van der Waals surface area contributed by atoms with Gasteiger partial charge in [-0.15, -0.1) is 0 Å². The van der Waals surface area contributed by atoms with Crippen molar-refractivity contribution in [2.45, 2.75) is 19.1 Å². The van der Waals surface area contributed by atoms with Gasteiger partial charge in [-0.3, -0.25) is 0 Å². The fourth-order valence-corrected chi connectivity index (χ4v) is 2.37. The largest absolute Gasteiger partial charge is 0.419 e. The van der Waals surface area contributed by atoms with Crippen LogP contribution in [-0.2, 0) is 6.18 Å². The molecule has 0 aliphatic rings. The molecule has 1 heterocycles. The molecule has 0 amide bonds. The van der Waals surface area contributed by atoms with E-state index in [4.69, 9.17) is 5.73 Å². The lowest BCUT2D eigenvalue weighted by molar-refractivity contribution is -0.137. The van der Waals surface area contributed by atoms with Gasteiger partial charge in [0.1, 0.15) is 0 Å². The summed E-state index contributed by atoms with van der Waals surface area (Å²) in [5, 5.41) is 3.71. The standard InChI is InChI=1S/C12H11BrF3N3/c1-7(17)10-3-2-9(4-11(10)13)19-6-8(5-18-19)12(14,15)16/h2-7H,17H2,1H3. The molecule has 0 aliphatic carbocycles. The highest BCUT2D eigenvalue weighted by Gasteiger charge is 2.32. The Labute approximate surface area is 116 Å². The molecule has 1 unspecified atom stereocenters. The summed E-state index contributed by atoms with van der Waals surface area (Å²) < 4.78 is 39.4. The zero-order chi connectivity index (χ0) is 14.2. The quantitative estimate of drug-likeness (QED) is 0.911. The number of aromatic nitrogens is 2. The van der Waals surface area contributed by atoms with Crippen LogP contribution in [0.15, 0.2) is 35.1 Å². The first-order valence-corrected chi connectivity index (χ1v) is 6.25.